The van der Waals surface area contributed by atoms with Crippen molar-refractivity contribution in [1.82, 2.24) is 4.90 Å². The van der Waals surface area contributed by atoms with Crippen LogP contribution < -0.4 is 5.73 Å². The largest absolute Gasteiger partial charge is 0.337 e. The lowest BCUT2D eigenvalue weighted by atomic mass is 10.1. The summed E-state index contributed by atoms with van der Waals surface area (Å²) in [4.78, 5) is 14.0. The molecule has 1 atom stereocenters. The van der Waals surface area contributed by atoms with Crippen LogP contribution in [0.5, 0.6) is 0 Å². The van der Waals surface area contributed by atoms with Crippen molar-refractivity contribution < 1.29 is 9.18 Å². The number of carbonyl (C=O) groups excluding carboxylic acids is 1. The molecule has 120 valence electrons. The van der Waals surface area contributed by atoms with E-state index >= 15 is 0 Å². The van der Waals surface area contributed by atoms with Crippen LogP contribution in [0.4, 0.5) is 4.39 Å². The van der Waals surface area contributed by atoms with Crippen LogP contribution >= 0.6 is 12.4 Å². The predicted octanol–water partition coefficient (Wildman–Crippen LogP) is 3.50. The van der Waals surface area contributed by atoms with Crippen molar-refractivity contribution >= 4 is 18.3 Å². The van der Waals surface area contributed by atoms with Crippen molar-refractivity contribution in [2.75, 3.05) is 6.54 Å². The monoisotopic (exact) mass is 316 g/mol. The molecule has 0 fully saturated rings. The standard InChI is InChI=1S/C16H25FN2O.ClH/c1-3-5-11-19(16(20)15(18)8-4-2)12-13-9-6-7-10-14(13)17;/h6-7,9-10,15H,3-5,8,11-12,18H2,1-2H3;1H. The van der Waals surface area contributed by atoms with Crippen LogP contribution in [0.15, 0.2) is 24.3 Å². The second-order valence-electron chi connectivity index (χ2n) is 5.10. The quantitative estimate of drug-likeness (QED) is 0.798. The average Bonchev–Trinajstić information content (AvgIpc) is 2.45. The van der Waals surface area contributed by atoms with Crippen molar-refractivity contribution in [3.8, 4) is 0 Å². The van der Waals surface area contributed by atoms with E-state index in [-0.39, 0.29) is 24.1 Å². The van der Waals surface area contributed by atoms with E-state index in [1.165, 1.54) is 6.07 Å². The van der Waals surface area contributed by atoms with Crippen molar-refractivity contribution in [3.63, 3.8) is 0 Å². The van der Waals surface area contributed by atoms with Gasteiger partial charge in [0.05, 0.1) is 6.04 Å². The van der Waals surface area contributed by atoms with Gasteiger partial charge in [-0.15, -0.1) is 12.4 Å². The Labute approximate surface area is 133 Å². The van der Waals surface area contributed by atoms with Crippen molar-refractivity contribution in [3.05, 3.63) is 35.6 Å². The molecule has 5 heteroatoms. The SMILES string of the molecule is CCCCN(Cc1ccccc1F)C(=O)C(N)CCC.Cl. The summed E-state index contributed by atoms with van der Waals surface area (Å²) in [6, 6.07) is 6.09. The molecule has 1 amide bonds. The molecule has 0 aliphatic rings. The first-order valence-electron chi connectivity index (χ1n) is 7.37. The molecule has 1 aromatic rings. The predicted molar refractivity (Wildman–Crippen MR) is 86.9 cm³/mol. The molecule has 0 spiro atoms. The minimum absolute atomic E-state index is 0. The third-order valence-corrected chi connectivity index (χ3v) is 3.33. The molecule has 3 nitrogen and oxygen atoms in total. The van der Waals surface area contributed by atoms with E-state index in [1.807, 2.05) is 6.92 Å². The number of benzene rings is 1. The Kier molecular flexibility index (Phi) is 10.0. The fourth-order valence-electron chi connectivity index (χ4n) is 2.12. The Morgan fingerprint density at radius 3 is 2.52 bits per heavy atom. The minimum Gasteiger partial charge on any atom is -0.337 e. The van der Waals surface area contributed by atoms with Gasteiger partial charge in [0.2, 0.25) is 5.91 Å². The Morgan fingerprint density at radius 1 is 1.29 bits per heavy atom. The highest BCUT2D eigenvalue weighted by atomic mass is 35.5. The lowest BCUT2D eigenvalue weighted by molar-refractivity contribution is -0.133. The fourth-order valence-corrected chi connectivity index (χ4v) is 2.12. The summed E-state index contributed by atoms with van der Waals surface area (Å²) in [5, 5.41) is 0. The van der Waals surface area contributed by atoms with Crippen molar-refractivity contribution in [2.24, 2.45) is 5.73 Å². The maximum absolute atomic E-state index is 13.7. The number of nitrogens with two attached hydrogens (primary N) is 1. The zero-order chi connectivity index (χ0) is 15.0. The lowest BCUT2D eigenvalue weighted by Crippen LogP contribution is -2.43. The first-order valence-corrected chi connectivity index (χ1v) is 7.37. The van der Waals surface area contributed by atoms with Crippen LogP contribution in [-0.4, -0.2) is 23.4 Å². The second kappa shape index (κ2) is 10.6. The molecule has 0 radical (unpaired) electrons. The molecule has 21 heavy (non-hydrogen) atoms. The first-order chi connectivity index (χ1) is 9.60. The van der Waals surface area contributed by atoms with Crippen LogP contribution in [0.25, 0.3) is 0 Å². The van der Waals surface area contributed by atoms with Gasteiger partial charge in [-0.2, -0.15) is 0 Å². The zero-order valence-electron chi connectivity index (χ0n) is 12.8. The van der Waals surface area contributed by atoms with E-state index in [9.17, 15) is 9.18 Å². The number of hydrogen-bond donors (Lipinski definition) is 1. The van der Waals surface area contributed by atoms with Crippen molar-refractivity contribution in [2.45, 2.75) is 52.1 Å². The normalized spacial score (nSPS) is 11.6. The smallest absolute Gasteiger partial charge is 0.239 e. The van der Waals surface area contributed by atoms with Gasteiger partial charge in [-0.25, -0.2) is 4.39 Å². The molecule has 0 saturated carbocycles. The van der Waals surface area contributed by atoms with Gasteiger partial charge in [-0.3, -0.25) is 4.79 Å². The Balaban J connectivity index is 0.00000400. The maximum atomic E-state index is 13.7. The highest BCUT2D eigenvalue weighted by Gasteiger charge is 2.20. The van der Waals surface area contributed by atoms with Gasteiger partial charge >= 0.3 is 0 Å². The number of hydrogen-bond acceptors (Lipinski definition) is 2. The fraction of sp³-hybridized carbons (Fsp3) is 0.562. The van der Waals surface area contributed by atoms with Crippen LogP contribution in [0.1, 0.15) is 45.1 Å². The topological polar surface area (TPSA) is 46.3 Å². The van der Waals surface area contributed by atoms with E-state index in [0.717, 1.165) is 19.3 Å². The third-order valence-electron chi connectivity index (χ3n) is 3.33. The number of rotatable bonds is 8. The van der Waals surface area contributed by atoms with E-state index in [1.54, 1.807) is 23.1 Å². The summed E-state index contributed by atoms with van der Waals surface area (Å²) in [5.41, 5.74) is 6.45. The summed E-state index contributed by atoms with van der Waals surface area (Å²) in [6.07, 6.45) is 3.43. The highest BCUT2D eigenvalue weighted by molar-refractivity contribution is 5.85. The molecule has 0 aliphatic heterocycles. The Bertz CT molecular complexity index is 428. The highest BCUT2D eigenvalue weighted by Crippen LogP contribution is 2.12. The Morgan fingerprint density at radius 2 is 1.95 bits per heavy atom. The van der Waals surface area contributed by atoms with Crippen molar-refractivity contribution in [1.29, 1.82) is 0 Å². The summed E-state index contributed by atoms with van der Waals surface area (Å²) >= 11 is 0. The first kappa shape index (κ1) is 19.9. The molecule has 0 heterocycles. The molecule has 0 aliphatic carbocycles. The zero-order valence-corrected chi connectivity index (χ0v) is 13.7. The van der Waals surface area contributed by atoms with Gasteiger partial charge in [-0.05, 0) is 18.9 Å². The summed E-state index contributed by atoms with van der Waals surface area (Å²) < 4.78 is 13.7. The average molecular weight is 317 g/mol. The number of amides is 1. The van der Waals surface area contributed by atoms with E-state index in [2.05, 4.69) is 6.92 Å². The molecular weight excluding hydrogens is 291 g/mol. The molecule has 0 saturated heterocycles. The molecule has 1 aromatic carbocycles. The second-order valence-corrected chi connectivity index (χ2v) is 5.10. The van der Waals surface area contributed by atoms with Gasteiger partial charge in [0, 0.05) is 18.7 Å². The van der Waals surface area contributed by atoms with Gasteiger partial charge < -0.3 is 10.6 Å². The summed E-state index contributed by atoms with van der Waals surface area (Å²) in [5.74, 6) is -0.352. The number of unbranched alkanes of at least 4 members (excludes halogenated alkanes) is 1. The van der Waals surface area contributed by atoms with Crippen LogP contribution in [0.3, 0.4) is 0 Å². The van der Waals surface area contributed by atoms with Crippen LogP contribution in [0.2, 0.25) is 0 Å². The van der Waals surface area contributed by atoms with Crippen LogP contribution in [0, 0.1) is 5.82 Å². The minimum atomic E-state index is -0.483. The lowest BCUT2D eigenvalue weighted by Gasteiger charge is -2.26. The number of carbonyl (C=O) groups is 1. The van der Waals surface area contributed by atoms with Crippen LogP contribution in [-0.2, 0) is 11.3 Å². The van der Waals surface area contributed by atoms with E-state index in [4.69, 9.17) is 5.73 Å². The van der Waals surface area contributed by atoms with E-state index < -0.39 is 6.04 Å². The summed E-state index contributed by atoms with van der Waals surface area (Å²) in [7, 11) is 0. The maximum Gasteiger partial charge on any atom is 0.239 e. The van der Waals surface area contributed by atoms with E-state index in [0.29, 0.717) is 25.1 Å². The number of nitrogens with zero attached hydrogens (tertiary/aromatic N) is 1. The van der Waals surface area contributed by atoms with Gasteiger partial charge in [0.15, 0.2) is 0 Å². The van der Waals surface area contributed by atoms with Gasteiger partial charge in [0.25, 0.3) is 0 Å². The van der Waals surface area contributed by atoms with Gasteiger partial charge in [0.1, 0.15) is 5.82 Å². The molecule has 2 N–H and O–H groups in total. The summed E-state index contributed by atoms with van der Waals surface area (Å²) in [6.45, 7) is 4.99. The third kappa shape index (κ3) is 6.44. The molecular formula is C16H26ClFN2O. The molecule has 1 rings (SSSR count). The molecule has 0 bridgehead atoms. The number of halogens is 2. The molecule has 0 aromatic heterocycles. The van der Waals surface area contributed by atoms with Gasteiger partial charge in [-0.1, -0.05) is 44.9 Å². The molecule has 1 unspecified atom stereocenters. The Hall–Kier alpha value is -1.13.